The summed E-state index contributed by atoms with van der Waals surface area (Å²) in [6.45, 7) is 11.5. The predicted octanol–water partition coefficient (Wildman–Crippen LogP) is 7.18. The van der Waals surface area contributed by atoms with Gasteiger partial charge in [0.05, 0.1) is 27.5 Å². The lowest BCUT2D eigenvalue weighted by Crippen LogP contribution is -2.31. The largest absolute Gasteiger partial charge is 0.462 e. The first-order valence-electron chi connectivity index (χ1n) is 12.2. The number of alkyl halides is 3. The first-order valence-corrected chi connectivity index (χ1v) is 12.6. The van der Waals surface area contributed by atoms with Gasteiger partial charge in [-0.1, -0.05) is 31.5 Å². The van der Waals surface area contributed by atoms with Crippen LogP contribution in [0, 0.1) is 12.7 Å². The average Bonchev–Trinajstić information content (AvgIpc) is 3.21. The van der Waals surface area contributed by atoms with E-state index >= 15 is 4.39 Å². The maximum atomic E-state index is 16.0. The van der Waals surface area contributed by atoms with Crippen LogP contribution in [0.3, 0.4) is 0 Å². The molecule has 1 unspecified atom stereocenters. The SMILES string of the molecule is C=CC.Cc1cc(N)nc(-c2c(Cl)cc3c(C(C)C)nc(OCC4CCCN4C)nc3c2F)c1C(F)(F)F. The second-order valence-corrected chi connectivity index (χ2v) is 9.98. The molecule has 6 nitrogen and oxygen atoms in total. The van der Waals surface area contributed by atoms with E-state index in [9.17, 15) is 13.2 Å². The lowest BCUT2D eigenvalue weighted by molar-refractivity contribution is -0.137. The second kappa shape index (κ2) is 11.8. The number of anilines is 1. The smallest absolute Gasteiger partial charge is 0.418 e. The molecule has 0 bridgehead atoms. The number of likely N-dealkylation sites (tertiary alicyclic amines) is 1. The molecule has 1 saturated heterocycles. The Hall–Kier alpha value is -2.98. The number of ether oxygens (including phenoxy) is 1. The summed E-state index contributed by atoms with van der Waals surface area (Å²) in [6.07, 6.45) is -1.05. The summed E-state index contributed by atoms with van der Waals surface area (Å²) < 4.78 is 63.6. The summed E-state index contributed by atoms with van der Waals surface area (Å²) in [5.41, 5.74) is 3.52. The van der Waals surface area contributed by atoms with Crippen molar-refractivity contribution in [3.05, 3.63) is 52.4 Å². The van der Waals surface area contributed by atoms with Gasteiger partial charge in [-0.2, -0.15) is 23.1 Å². The van der Waals surface area contributed by atoms with Crippen LogP contribution in [-0.2, 0) is 6.18 Å². The lowest BCUT2D eigenvalue weighted by atomic mass is 9.97. The van der Waals surface area contributed by atoms with E-state index in [0.29, 0.717) is 17.7 Å². The van der Waals surface area contributed by atoms with Crippen molar-refractivity contribution in [1.29, 1.82) is 0 Å². The van der Waals surface area contributed by atoms with Crippen LogP contribution in [0.1, 0.15) is 56.4 Å². The van der Waals surface area contributed by atoms with Crippen molar-refractivity contribution in [3.8, 4) is 17.3 Å². The highest BCUT2D eigenvalue weighted by atomic mass is 35.5. The fourth-order valence-corrected chi connectivity index (χ4v) is 4.80. The molecule has 38 heavy (non-hydrogen) atoms. The molecule has 0 amide bonds. The fourth-order valence-electron chi connectivity index (χ4n) is 4.52. The van der Waals surface area contributed by atoms with Crippen LogP contribution in [0.2, 0.25) is 5.02 Å². The molecule has 0 spiro atoms. The third-order valence-electron chi connectivity index (χ3n) is 6.27. The normalized spacial score (nSPS) is 16.0. The van der Waals surface area contributed by atoms with Gasteiger partial charge in [0.1, 0.15) is 17.9 Å². The molecule has 2 aromatic heterocycles. The van der Waals surface area contributed by atoms with E-state index in [1.165, 1.54) is 13.0 Å². The van der Waals surface area contributed by atoms with Gasteiger partial charge in [-0.15, -0.1) is 6.58 Å². The number of pyridine rings is 1. The monoisotopic (exact) mass is 553 g/mol. The number of hydrogen-bond donors (Lipinski definition) is 1. The molecule has 1 aliphatic heterocycles. The van der Waals surface area contributed by atoms with Gasteiger partial charge >= 0.3 is 12.2 Å². The van der Waals surface area contributed by atoms with Crippen molar-refractivity contribution in [2.75, 3.05) is 25.9 Å². The fraction of sp³-hybridized carbons (Fsp3) is 0.444. The summed E-state index contributed by atoms with van der Waals surface area (Å²) in [5.74, 6) is -1.38. The zero-order valence-corrected chi connectivity index (χ0v) is 22.8. The molecule has 206 valence electrons. The lowest BCUT2D eigenvalue weighted by Gasteiger charge is -2.20. The Morgan fingerprint density at radius 2 is 1.92 bits per heavy atom. The quantitative estimate of drug-likeness (QED) is 0.266. The Kier molecular flexibility index (Phi) is 9.20. The van der Waals surface area contributed by atoms with Gasteiger partial charge in [0.25, 0.3) is 0 Å². The number of aromatic nitrogens is 3. The summed E-state index contributed by atoms with van der Waals surface area (Å²) in [4.78, 5) is 14.7. The predicted molar refractivity (Wildman–Crippen MR) is 143 cm³/mol. The number of benzene rings is 1. The van der Waals surface area contributed by atoms with Crippen molar-refractivity contribution in [2.45, 2.75) is 58.7 Å². The molecule has 0 aliphatic carbocycles. The van der Waals surface area contributed by atoms with Crippen molar-refractivity contribution < 1.29 is 22.3 Å². The minimum Gasteiger partial charge on any atom is -0.462 e. The number of halogens is 5. The maximum absolute atomic E-state index is 16.0. The first kappa shape index (κ1) is 29.6. The van der Waals surface area contributed by atoms with E-state index < -0.39 is 28.8 Å². The Morgan fingerprint density at radius 1 is 1.26 bits per heavy atom. The number of allylic oxidation sites excluding steroid dienone is 1. The van der Waals surface area contributed by atoms with Crippen LogP contribution < -0.4 is 10.5 Å². The number of hydrogen-bond acceptors (Lipinski definition) is 6. The molecular formula is C27H32ClF4N5O. The van der Waals surface area contributed by atoms with E-state index in [0.717, 1.165) is 25.5 Å². The molecule has 3 aromatic rings. The van der Waals surface area contributed by atoms with Gasteiger partial charge < -0.3 is 15.4 Å². The molecule has 2 N–H and O–H groups in total. The Morgan fingerprint density at radius 3 is 2.47 bits per heavy atom. The van der Waals surface area contributed by atoms with Crippen LogP contribution in [0.25, 0.3) is 22.2 Å². The third kappa shape index (κ3) is 6.18. The number of nitrogens with zero attached hydrogens (tertiary/aromatic N) is 4. The van der Waals surface area contributed by atoms with Gasteiger partial charge in [-0.3, -0.25) is 0 Å². The van der Waals surface area contributed by atoms with Gasteiger partial charge in [0.2, 0.25) is 0 Å². The Bertz CT molecular complexity index is 1330. The van der Waals surface area contributed by atoms with Crippen molar-refractivity contribution in [2.24, 2.45) is 0 Å². The molecule has 3 heterocycles. The maximum Gasteiger partial charge on any atom is 0.418 e. The van der Waals surface area contributed by atoms with Gasteiger partial charge in [-0.05, 0) is 63.9 Å². The third-order valence-corrected chi connectivity index (χ3v) is 6.57. The summed E-state index contributed by atoms with van der Waals surface area (Å²) in [7, 11) is 1.99. The number of rotatable bonds is 5. The minimum absolute atomic E-state index is 0.0403. The van der Waals surface area contributed by atoms with Crippen LogP contribution in [0.5, 0.6) is 6.01 Å². The average molecular weight is 554 g/mol. The minimum atomic E-state index is -4.80. The molecule has 4 rings (SSSR count). The Labute approximate surface area is 224 Å². The summed E-state index contributed by atoms with van der Waals surface area (Å²) in [5, 5.41) is 0.0514. The zero-order valence-electron chi connectivity index (χ0n) is 22.1. The van der Waals surface area contributed by atoms with E-state index in [1.54, 1.807) is 6.08 Å². The van der Waals surface area contributed by atoms with Crippen LogP contribution >= 0.6 is 11.6 Å². The molecule has 0 saturated carbocycles. The number of nitrogens with two attached hydrogens (primary N) is 1. The highest BCUT2D eigenvalue weighted by Gasteiger charge is 2.38. The van der Waals surface area contributed by atoms with Crippen molar-refractivity contribution >= 4 is 28.3 Å². The Balaban J connectivity index is 0.00000127. The molecule has 1 fully saturated rings. The topological polar surface area (TPSA) is 77.2 Å². The van der Waals surface area contributed by atoms with E-state index in [1.807, 2.05) is 27.8 Å². The standard InChI is InChI=1S/C24H26ClF4N5O.C3H6/c1-11(2)20-14-9-15(25)17(22-18(24(27,28)29)12(3)8-16(30)31-22)19(26)21(14)33-23(32-20)35-10-13-6-5-7-34(13)4;1-3-2/h8-9,11,13H,5-7,10H2,1-4H3,(H2,30,31);3H,1H2,2H3. The molecule has 1 aromatic carbocycles. The van der Waals surface area contributed by atoms with Crippen LogP contribution in [0.4, 0.5) is 23.4 Å². The van der Waals surface area contributed by atoms with Crippen LogP contribution in [0.15, 0.2) is 24.8 Å². The van der Waals surface area contributed by atoms with E-state index in [4.69, 9.17) is 22.1 Å². The van der Waals surface area contributed by atoms with Gasteiger partial charge in [-0.25, -0.2) is 9.37 Å². The number of nitrogen functional groups attached to an aromatic ring is 1. The van der Waals surface area contributed by atoms with E-state index in [-0.39, 0.29) is 39.9 Å². The number of fused-ring (bicyclic) bond motifs is 1. The van der Waals surface area contributed by atoms with Crippen LogP contribution in [-0.4, -0.2) is 46.1 Å². The van der Waals surface area contributed by atoms with Gasteiger partial charge in [0.15, 0.2) is 5.82 Å². The first-order chi connectivity index (χ1) is 17.8. The van der Waals surface area contributed by atoms with Crippen molar-refractivity contribution in [3.63, 3.8) is 0 Å². The number of aryl methyl sites for hydroxylation is 1. The molecule has 1 atom stereocenters. The van der Waals surface area contributed by atoms with Crippen molar-refractivity contribution in [1.82, 2.24) is 19.9 Å². The number of likely N-dealkylation sites (N-methyl/N-ethyl adjacent to an activating group) is 1. The highest BCUT2D eigenvalue weighted by Crippen LogP contribution is 2.44. The van der Waals surface area contributed by atoms with Gasteiger partial charge in [0, 0.05) is 11.4 Å². The highest BCUT2D eigenvalue weighted by molar-refractivity contribution is 6.34. The molecule has 11 heteroatoms. The molecule has 0 radical (unpaired) electrons. The molecular weight excluding hydrogens is 522 g/mol. The van der Waals surface area contributed by atoms with E-state index in [2.05, 4.69) is 26.4 Å². The zero-order chi connectivity index (χ0) is 28.4. The summed E-state index contributed by atoms with van der Waals surface area (Å²) in [6, 6.07) is 2.60. The molecule has 1 aliphatic rings. The second-order valence-electron chi connectivity index (χ2n) is 9.57. The summed E-state index contributed by atoms with van der Waals surface area (Å²) >= 11 is 6.37.